The van der Waals surface area contributed by atoms with Crippen molar-refractivity contribution < 1.29 is 0 Å². The van der Waals surface area contributed by atoms with Gasteiger partial charge in [-0.1, -0.05) is 76.1 Å². The lowest BCUT2D eigenvalue weighted by molar-refractivity contribution is 1.46. The van der Waals surface area contributed by atoms with E-state index >= 15 is 0 Å². The highest BCUT2D eigenvalue weighted by Crippen LogP contribution is 2.23. The van der Waals surface area contributed by atoms with E-state index in [0.717, 1.165) is 4.48 Å². The molecule has 2 aromatic carbocycles. The molecule has 0 spiro atoms. The summed E-state index contributed by atoms with van der Waals surface area (Å²) in [4.78, 5) is 0. The number of benzene rings is 2. The zero-order chi connectivity index (χ0) is 11.4. The molecule has 0 bridgehead atoms. The predicted molar refractivity (Wildman–Crippen MR) is 74.4 cm³/mol. The van der Waals surface area contributed by atoms with E-state index in [2.05, 4.69) is 65.3 Å². The van der Waals surface area contributed by atoms with Gasteiger partial charge in [-0.05, 0) is 24.1 Å². The Morgan fingerprint density at radius 1 is 0.938 bits per heavy atom. The molecule has 0 saturated carbocycles. The molecule has 2 rings (SSSR count). The van der Waals surface area contributed by atoms with Gasteiger partial charge in [0.15, 0.2) is 0 Å². The smallest absolute Gasteiger partial charge is 0.0253 e. The molecule has 16 heavy (non-hydrogen) atoms. The quantitative estimate of drug-likeness (QED) is 0.683. The Hall–Kier alpha value is -1.34. The van der Waals surface area contributed by atoms with Crippen molar-refractivity contribution >= 4 is 26.5 Å². The fraction of sp³-hybridized carbons (Fsp3) is 0.0667. The fourth-order valence-electron chi connectivity index (χ4n) is 1.49. The van der Waals surface area contributed by atoms with Crippen LogP contribution in [-0.2, 0) is 0 Å². The van der Waals surface area contributed by atoms with Crippen LogP contribution in [0.1, 0.15) is 16.7 Å². The van der Waals surface area contributed by atoms with Crippen LogP contribution in [0.3, 0.4) is 0 Å². The first kappa shape index (κ1) is 11.2. The Morgan fingerprint density at radius 3 is 2.19 bits per heavy atom. The van der Waals surface area contributed by atoms with E-state index < -0.39 is 0 Å². The van der Waals surface area contributed by atoms with Gasteiger partial charge in [0.25, 0.3) is 0 Å². The maximum atomic E-state index is 3.60. The molecule has 0 unspecified atom stereocenters. The van der Waals surface area contributed by atoms with Gasteiger partial charge in [0.05, 0.1) is 0 Å². The van der Waals surface area contributed by atoms with Crippen LogP contribution in [0.4, 0.5) is 0 Å². The zero-order valence-corrected chi connectivity index (χ0v) is 10.7. The monoisotopic (exact) mass is 272 g/mol. The van der Waals surface area contributed by atoms with Crippen molar-refractivity contribution in [2.45, 2.75) is 6.92 Å². The van der Waals surface area contributed by atoms with Crippen molar-refractivity contribution in [2.24, 2.45) is 0 Å². The third-order valence-corrected chi connectivity index (χ3v) is 3.11. The van der Waals surface area contributed by atoms with Gasteiger partial charge in [-0.15, -0.1) is 0 Å². The SMILES string of the molecule is Cc1ccc(/C=C(/Br)c2ccccc2)cc1. The van der Waals surface area contributed by atoms with Gasteiger partial charge in [-0.2, -0.15) is 0 Å². The average Bonchev–Trinajstić information content (AvgIpc) is 2.33. The summed E-state index contributed by atoms with van der Waals surface area (Å²) in [5.41, 5.74) is 3.69. The summed E-state index contributed by atoms with van der Waals surface area (Å²) in [6.45, 7) is 2.10. The Bertz CT molecular complexity index is 481. The fourth-order valence-corrected chi connectivity index (χ4v) is 2.02. The van der Waals surface area contributed by atoms with Gasteiger partial charge in [0.2, 0.25) is 0 Å². The third-order valence-electron chi connectivity index (χ3n) is 2.42. The number of aryl methyl sites for hydroxylation is 1. The summed E-state index contributed by atoms with van der Waals surface area (Å²) in [6.07, 6.45) is 2.13. The largest absolute Gasteiger partial charge is 0.0622 e. The van der Waals surface area contributed by atoms with Gasteiger partial charge in [-0.25, -0.2) is 0 Å². The van der Waals surface area contributed by atoms with Crippen LogP contribution in [0.2, 0.25) is 0 Å². The molecule has 2 aromatic rings. The molecule has 0 heterocycles. The lowest BCUT2D eigenvalue weighted by atomic mass is 10.1. The topological polar surface area (TPSA) is 0 Å². The highest BCUT2D eigenvalue weighted by Gasteiger charge is 1.96. The van der Waals surface area contributed by atoms with Crippen LogP contribution in [0, 0.1) is 6.92 Å². The minimum Gasteiger partial charge on any atom is -0.0622 e. The summed E-state index contributed by atoms with van der Waals surface area (Å²) in [6, 6.07) is 18.8. The van der Waals surface area contributed by atoms with Gasteiger partial charge in [0.1, 0.15) is 0 Å². The number of hydrogen-bond acceptors (Lipinski definition) is 0. The molecular formula is C15H13Br. The maximum absolute atomic E-state index is 3.60. The van der Waals surface area contributed by atoms with Gasteiger partial charge >= 0.3 is 0 Å². The highest BCUT2D eigenvalue weighted by atomic mass is 79.9. The van der Waals surface area contributed by atoms with Crippen molar-refractivity contribution in [3.8, 4) is 0 Å². The summed E-state index contributed by atoms with van der Waals surface area (Å²) in [7, 11) is 0. The Labute approximate surface area is 105 Å². The van der Waals surface area contributed by atoms with Gasteiger partial charge < -0.3 is 0 Å². The van der Waals surface area contributed by atoms with Crippen molar-refractivity contribution in [2.75, 3.05) is 0 Å². The van der Waals surface area contributed by atoms with E-state index in [-0.39, 0.29) is 0 Å². The molecule has 0 fully saturated rings. The molecule has 0 aliphatic heterocycles. The molecule has 0 N–H and O–H groups in total. The minimum absolute atomic E-state index is 1.11. The number of hydrogen-bond donors (Lipinski definition) is 0. The molecule has 80 valence electrons. The standard InChI is InChI=1S/C15H13Br/c1-12-7-9-13(10-8-12)11-15(16)14-5-3-2-4-6-14/h2-11H,1H3/b15-11+. The highest BCUT2D eigenvalue weighted by molar-refractivity contribution is 9.15. The Balaban J connectivity index is 2.28. The molecule has 0 aliphatic rings. The molecule has 0 amide bonds. The van der Waals surface area contributed by atoms with Crippen molar-refractivity contribution in [1.29, 1.82) is 0 Å². The first-order chi connectivity index (χ1) is 7.75. The molecular weight excluding hydrogens is 260 g/mol. The second-order valence-corrected chi connectivity index (χ2v) is 4.62. The van der Waals surface area contributed by atoms with E-state index in [0.29, 0.717) is 0 Å². The molecule has 0 nitrogen and oxygen atoms in total. The summed E-state index contributed by atoms with van der Waals surface area (Å²) < 4.78 is 1.11. The van der Waals surface area contributed by atoms with E-state index in [9.17, 15) is 0 Å². The molecule has 0 aliphatic carbocycles. The molecule has 1 heteroatoms. The lowest BCUT2D eigenvalue weighted by Crippen LogP contribution is -1.77. The predicted octanol–water partition coefficient (Wildman–Crippen LogP) is 4.89. The van der Waals surface area contributed by atoms with Crippen LogP contribution in [0.15, 0.2) is 54.6 Å². The minimum atomic E-state index is 1.11. The van der Waals surface area contributed by atoms with E-state index in [1.54, 1.807) is 0 Å². The van der Waals surface area contributed by atoms with Gasteiger partial charge in [-0.3, -0.25) is 0 Å². The van der Waals surface area contributed by atoms with E-state index in [4.69, 9.17) is 0 Å². The second kappa shape index (κ2) is 5.13. The van der Waals surface area contributed by atoms with Crippen LogP contribution in [-0.4, -0.2) is 0 Å². The second-order valence-electron chi connectivity index (χ2n) is 3.77. The van der Waals surface area contributed by atoms with E-state index in [1.807, 2.05) is 18.2 Å². The van der Waals surface area contributed by atoms with Gasteiger partial charge in [0, 0.05) is 4.48 Å². The zero-order valence-electron chi connectivity index (χ0n) is 9.15. The summed E-state index contributed by atoms with van der Waals surface area (Å²) >= 11 is 3.60. The van der Waals surface area contributed by atoms with Crippen molar-refractivity contribution in [1.82, 2.24) is 0 Å². The first-order valence-corrected chi connectivity index (χ1v) is 6.04. The molecule has 0 radical (unpaired) electrons. The number of halogens is 1. The third kappa shape index (κ3) is 2.83. The van der Waals surface area contributed by atoms with Crippen LogP contribution in [0.25, 0.3) is 10.6 Å². The molecule has 0 aromatic heterocycles. The maximum Gasteiger partial charge on any atom is 0.0253 e. The van der Waals surface area contributed by atoms with Crippen molar-refractivity contribution in [3.05, 3.63) is 71.3 Å². The Kier molecular flexibility index (Phi) is 3.58. The lowest BCUT2D eigenvalue weighted by Gasteiger charge is -2.00. The van der Waals surface area contributed by atoms with Crippen LogP contribution < -0.4 is 0 Å². The Morgan fingerprint density at radius 2 is 1.56 bits per heavy atom. The molecule has 0 atom stereocenters. The molecule has 0 saturated heterocycles. The normalized spacial score (nSPS) is 11.5. The van der Waals surface area contributed by atoms with E-state index in [1.165, 1.54) is 16.7 Å². The number of rotatable bonds is 2. The van der Waals surface area contributed by atoms with Crippen molar-refractivity contribution in [3.63, 3.8) is 0 Å². The average molecular weight is 273 g/mol. The summed E-state index contributed by atoms with van der Waals surface area (Å²) in [5.74, 6) is 0. The first-order valence-electron chi connectivity index (χ1n) is 5.25. The van der Waals surface area contributed by atoms with Crippen LogP contribution >= 0.6 is 15.9 Å². The van der Waals surface area contributed by atoms with Crippen LogP contribution in [0.5, 0.6) is 0 Å². The summed E-state index contributed by atoms with van der Waals surface area (Å²) in [5, 5.41) is 0.